The van der Waals surface area contributed by atoms with Crippen LogP contribution in [0.15, 0.2) is 54.9 Å². The van der Waals surface area contributed by atoms with E-state index in [0.717, 1.165) is 36.8 Å². The van der Waals surface area contributed by atoms with Gasteiger partial charge in [-0.05, 0) is 48.2 Å². The fraction of sp³-hybridized carbons (Fsp3) is 0.304. The van der Waals surface area contributed by atoms with Gasteiger partial charge in [0.1, 0.15) is 6.33 Å². The fourth-order valence-corrected chi connectivity index (χ4v) is 4.10. The van der Waals surface area contributed by atoms with Crippen LogP contribution in [-0.4, -0.2) is 30.7 Å². The molecule has 3 aromatic rings. The third-order valence-electron chi connectivity index (χ3n) is 5.38. The molecule has 1 heterocycles. The lowest BCUT2D eigenvalue weighted by Crippen LogP contribution is -2.27. The molecule has 0 spiro atoms. The Kier molecular flexibility index (Phi) is 6.84. The first-order valence-electron chi connectivity index (χ1n) is 10.7. The van der Waals surface area contributed by atoms with Crippen molar-refractivity contribution in [1.82, 2.24) is 9.97 Å². The molecule has 1 saturated carbocycles. The van der Waals surface area contributed by atoms with Crippen molar-refractivity contribution in [2.24, 2.45) is 0 Å². The van der Waals surface area contributed by atoms with Gasteiger partial charge in [0, 0.05) is 24.8 Å². The average Bonchev–Trinajstić information content (AvgIpc) is 3.62. The SMILES string of the molecule is CS(=O)(=O)Nc1ccc(CNc2ncnc(N(Cc3ccc(C(F)(F)F)cc3)C3CC3)c2F)cc1. The summed E-state index contributed by atoms with van der Waals surface area (Å²) in [4.78, 5) is 9.84. The van der Waals surface area contributed by atoms with E-state index in [9.17, 15) is 21.6 Å². The molecule has 0 bridgehead atoms. The quantitative estimate of drug-likeness (QED) is 0.404. The first-order valence-corrected chi connectivity index (χ1v) is 12.6. The second-order valence-electron chi connectivity index (χ2n) is 8.34. The third kappa shape index (κ3) is 6.59. The Morgan fingerprint density at radius 1 is 1.00 bits per heavy atom. The summed E-state index contributed by atoms with van der Waals surface area (Å²) in [5.74, 6) is -0.578. The van der Waals surface area contributed by atoms with Crippen LogP contribution in [0.4, 0.5) is 34.9 Å². The second-order valence-corrected chi connectivity index (χ2v) is 10.1. The molecule has 7 nitrogen and oxygen atoms in total. The minimum Gasteiger partial charge on any atom is -0.363 e. The Labute approximate surface area is 200 Å². The number of anilines is 3. The van der Waals surface area contributed by atoms with Gasteiger partial charge in [-0.1, -0.05) is 24.3 Å². The molecule has 0 unspecified atom stereocenters. The average molecular weight is 510 g/mol. The van der Waals surface area contributed by atoms with Crippen LogP contribution in [0.3, 0.4) is 0 Å². The molecule has 0 atom stereocenters. The number of sulfonamides is 1. The summed E-state index contributed by atoms with van der Waals surface area (Å²) in [6.45, 7) is 0.444. The Balaban J connectivity index is 1.47. The number of benzene rings is 2. The lowest BCUT2D eigenvalue weighted by Gasteiger charge is -2.24. The molecule has 4 rings (SSSR count). The molecule has 2 N–H and O–H groups in total. The number of nitrogens with zero attached hydrogens (tertiary/aromatic N) is 3. The Morgan fingerprint density at radius 2 is 1.63 bits per heavy atom. The zero-order valence-corrected chi connectivity index (χ0v) is 19.5. The van der Waals surface area contributed by atoms with Gasteiger partial charge in [-0.3, -0.25) is 4.72 Å². The number of hydrogen-bond acceptors (Lipinski definition) is 6. The number of hydrogen-bond donors (Lipinski definition) is 2. The van der Waals surface area contributed by atoms with Crippen molar-refractivity contribution in [2.75, 3.05) is 21.2 Å². The summed E-state index contributed by atoms with van der Waals surface area (Å²) in [6.07, 6.45) is -0.456. The van der Waals surface area contributed by atoms with Gasteiger partial charge in [-0.15, -0.1) is 0 Å². The maximum Gasteiger partial charge on any atom is 0.416 e. The maximum atomic E-state index is 15.3. The zero-order chi connectivity index (χ0) is 25.2. The van der Waals surface area contributed by atoms with Crippen molar-refractivity contribution in [3.05, 3.63) is 77.4 Å². The zero-order valence-electron chi connectivity index (χ0n) is 18.7. The van der Waals surface area contributed by atoms with Gasteiger partial charge in [-0.2, -0.15) is 17.6 Å². The number of alkyl halides is 3. The summed E-state index contributed by atoms with van der Waals surface area (Å²) in [7, 11) is -3.38. The molecule has 0 radical (unpaired) electrons. The highest BCUT2D eigenvalue weighted by Crippen LogP contribution is 2.35. The number of nitrogens with one attached hydrogen (secondary N) is 2. The Hall–Kier alpha value is -3.41. The highest BCUT2D eigenvalue weighted by molar-refractivity contribution is 7.92. The van der Waals surface area contributed by atoms with Crippen LogP contribution in [-0.2, 0) is 29.3 Å². The molecular formula is C23H23F4N5O2S. The third-order valence-corrected chi connectivity index (χ3v) is 5.99. The molecule has 1 aromatic heterocycles. The molecule has 1 fully saturated rings. The van der Waals surface area contributed by atoms with Gasteiger partial charge >= 0.3 is 6.18 Å². The second kappa shape index (κ2) is 9.68. The number of aromatic nitrogens is 2. The predicted molar refractivity (Wildman–Crippen MR) is 125 cm³/mol. The first-order chi connectivity index (χ1) is 16.5. The summed E-state index contributed by atoms with van der Waals surface area (Å²) >= 11 is 0. The molecule has 186 valence electrons. The molecule has 1 aliphatic carbocycles. The molecule has 0 saturated heterocycles. The lowest BCUT2D eigenvalue weighted by molar-refractivity contribution is -0.137. The molecule has 2 aromatic carbocycles. The van der Waals surface area contributed by atoms with Gasteiger partial charge in [-0.25, -0.2) is 18.4 Å². The number of rotatable bonds is 9. The fourth-order valence-electron chi connectivity index (χ4n) is 3.53. The predicted octanol–water partition coefficient (Wildman–Crippen LogP) is 4.79. The van der Waals surface area contributed by atoms with E-state index in [4.69, 9.17) is 0 Å². The molecule has 35 heavy (non-hydrogen) atoms. The van der Waals surface area contributed by atoms with E-state index in [1.807, 2.05) is 0 Å². The van der Waals surface area contributed by atoms with Gasteiger partial charge in [0.05, 0.1) is 11.8 Å². The van der Waals surface area contributed by atoms with E-state index in [1.165, 1.54) is 18.5 Å². The van der Waals surface area contributed by atoms with E-state index in [0.29, 0.717) is 11.3 Å². The summed E-state index contributed by atoms with van der Waals surface area (Å²) < 4.78 is 78.9. The Morgan fingerprint density at radius 3 is 2.20 bits per heavy atom. The topological polar surface area (TPSA) is 87.2 Å². The van der Waals surface area contributed by atoms with Gasteiger partial charge < -0.3 is 10.2 Å². The van der Waals surface area contributed by atoms with Crippen molar-refractivity contribution in [2.45, 2.75) is 38.1 Å². The largest absolute Gasteiger partial charge is 0.416 e. The normalized spacial score (nSPS) is 14.0. The molecular weight excluding hydrogens is 486 g/mol. The Bertz CT molecular complexity index is 1280. The van der Waals surface area contributed by atoms with E-state index in [-0.39, 0.29) is 30.8 Å². The maximum absolute atomic E-state index is 15.3. The van der Waals surface area contributed by atoms with E-state index >= 15 is 4.39 Å². The van der Waals surface area contributed by atoms with E-state index < -0.39 is 27.6 Å². The summed E-state index contributed by atoms with van der Waals surface area (Å²) in [5, 5.41) is 2.92. The monoisotopic (exact) mass is 509 g/mol. The number of halogens is 4. The van der Waals surface area contributed by atoms with Gasteiger partial charge in [0.2, 0.25) is 15.8 Å². The van der Waals surface area contributed by atoms with Gasteiger partial charge in [0.15, 0.2) is 11.6 Å². The van der Waals surface area contributed by atoms with E-state index in [1.54, 1.807) is 29.2 Å². The molecule has 0 aliphatic heterocycles. The minimum atomic E-state index is -4.42. The van der Waals surface area contributed by atoms with Crippen molar-refractivity contribution in [3.63, 3.8) is 0 Å². The molecule has 0 amide bonds. The minimum absolute atomic E-state index is 0.00796. The van der Waals surface area contributed by atoms with Crippen LogP contribution in [0, 0.1) is 5.82 Å². The lowest BCUT2D eigenvalue weighted by atomic mass is 10.1. The van der Waals surface area contributed by atoms with Crippen molar-refractivity contribution >= 4 is 27.3 Å². The summed E-state index contributed by atoms with van der Waals surface area (Å²) in [5.41, 5.74) is 1.06. The van der Waals surface area contributed by atoms with Crippen LogP contribution in [0.1, 0.15) is 29.5 Å². The van der Waals surface area contributed by atoms with Crippen LogP contribution < -0.4 is 14.9 Å². The van der Waals surface area contributed by atoms with Crippen molar-refractivity contribution in [3.8, 4) is 0 Å². The smallest absolute Gasteiger partial charge is 0.363 e. The van der Waals surface area contributed by atoms with Crippen LogP contribution >= 0.6 is 0 Å². The van der Waals surface area contributed by atoms with Gasteiger partial charge in [0.25, 0.3) is 0 Å². The van der Waals surface area contributed by atoms with Crippen molar-refractivity contribution < 1.29 is 26.0 Å². The summed E-state index contributed by atoms with van der Waals surface area (Å²) in [6, 6.07) is 11.4. The highest BCUT2D eigenvalue weighted by Gasteiger charge is 2.33. The van der Waals surface area contributed by atoms with Crippen molar-refractivity contribution in [1.29, 1.82) is 0 Å². The first kappa shape index (κ1) is 24.7. The van der Waals surface area contributed by atoms with Crippen LogP contribution in [0.2, 0.25) is 0 Å². The standard InChI is InChI=1S/C23H23F4N5O2S/c1-35(33,34)31-18-8-4-15(5-9-18)12-28-21-20(24)22(30-14-29-21)32(19-10-11-19)13-16-2-6-17(7-3-16)23(25,26)27/h2-9,14,19,31H,10-13H2,1H3,(H,28,29,30). The van der Waals surface area contributed by atoms with Crippen LogP contribution in [0.25, 0.3) is 0 Å². The molecule has 12 heteroatoms. The van der Waals surface area contributed by atoms with Crippen LogP contribution in [0.5, 0.6) is 0 Å². The highest BCUT2D eigenvalue weighted by atomic mass is 32.2. The molecule has 1 aliphatic rings. The van der Waals surface area contributed by atoms with E-state index in [2.05, 4.69) is 20.0 Å².